The number of allylic oxidation sites excluding steroid dienone is 1. The first kappa shape index (κ1) is 13.6. The molecule has 0 saturated heterocycles. The summed E-state index contributed by atoms with van der Waals surface area (Å²) < 4.78 is 4.85. The number of urea groups is 1. The van der Waals surface area contributed by atoms with Crippen LogP contribution in [0.25, 0.3) is 0 Å². The first-order chi connectivity index (χ1) is 9.10. The molecule has 0 unspecified atom stereocenters. The van der Waals surface area contributed by atoms with E-state index in [2.05, 4.69) is 5.32 Å². The number of carbonyl (C=O) groups excluding carboxylic acids is 2. The van der Waals surface area contributed by atoms with E-state index in [-0.39, 0.29) is 6.03 Å². The third-order valence-electron chi connectivity index (χ3n) is 3.15. The zero-order valence-electron chi connectivity index (χ0n) is 11.1. The Labute approximate surface area is 115 Å². The summed E-state index contributed by atoms with van der Waals surface area (Å²) in [4.78, 5) is 26.5. The van der Waals surface area contributed by atoms with Gasteiger partial charge in [0.1, 0.15) is 0 Å². The van der Waals surface area contributed by atoms with Gasteiger partial charge >= 0.3 is 12.0 Å². The summed E-state index contributed by atoms with van der Waals surface area (Å²) in [5.74, 6) is -0.408. The fourth-order valence-corrected chi connectivity index (χ4v) is 2.99. The lowest BCUT2D eigenvalue weighted by Crippen LogP contribution is -2.47. The molecule has 1 aromatic heterocycles. The second kappa shape index (κ2) is 5.44. The SMILES string of the molecule is CCN1C(=O)N[C@H](c2cccs2)C(C(=O)OC)=C1C. The number of carbonyl (C=O) groups is 2. The van der Waals surface area contributed by atoms with E-state index in [4.69, 9.17) is 4.74 Å². The van der Waals surface area contributed by atoms with Crippen molar-refractivity contribution >= 4 is 23.3 Å². The number of hydrogen-bond donors (Lipinski definition) is 1. The van der Waals surface area contributed by atoms with Crippen molar-refractivity contribution in [3.05, 3.63) is 33.7 Å². The average molecular weight is 280 g/mol. The van der Waals surface area contributed by atoms with Gasteiger partial charge in [0.2, 0.25) is 0 Å². The summed E-state index contributed by atoms with van der Waals surface area (Å²) in [5.41, 5.74) is 1.14. The molecular formula is C13H16N2O3S. The molecule has 102 valence electrons. The number of ether oxygens (including phenoxy) is 1. The van der Waals surface area contributed by atoms with Crippen LogP contribution in [0.4, 0.5) is 4.79 Å². The molecule has 2 amide bonds. The van der Waals surface area contributed by atoms with Crippen LogP contribution >= 0.6 is 11.3 Å². The van der Waals surface area contributed by atoms with Gasteiger partial charge in [0.15, 0.2) is 0 Å². The van der Waals surface area contributed by atoms with Crippen LogP contribution in [0.3, 0.4) is 0 Å². The fraction of sp³-hybridized carbons (Fsp3) is 0.385. The predicted octanol–water partition coefficient (Wildman–Crippen LogP) is 2.28. The predicted molar refractivity (Wildman–Crippen MR) is 72.7 cm³/mol. The Morgan fingerprint density at radius 1 is 1.58 bits per heavy atom. The van der Waals surface area contributed by atoms with Gasteiger partial charge in [0, 0.05) is 17.1 Å². The standard InChI is InChI=1S/C13H16N2O3S/c1-4-15-8(2)10(12(16)18-3)11(14-13(15)17)9-6-5-7-19-9/h5-7,11H,4H2,1-3H3,(H,14,17)/t11-/m1/s1. The van der Waals surface area contributed by atoms with Gasteiger partial charge in [0.25, 0.3) is 0 Å². The van der Waals surface area contributed by atoms with E-state index in [1.165, 1.54) is 23.3 Å². The highest BCUT2D eigenvalue weighted by Gasteiger charge is 2.35. The van der Waals surface area contributed by atoms with Crippen LogP contribution in [0.5, 0.6) is 0 Å². The van der Waals surface area contributed by atoms with Gasteiger partial charge in [-0.25, -0.2) is 9.59 Å². The molecular weight excluding hydrogens is 264 g/mol. The van der Waals surface area contributed by atoms with Crippen molar-refractivity contribution in [1.82, 2.24) is 10.2 Å². The van der Waals surface area contributed by atoms with Crippen molar-refractivity contribution in [2.24, 2.45) is 0 Å². The smallest absolute Gasteiger partial charge is 0.338 e. The zero-order valence-corrected chi connectivity index (χ0v) is 11.9. The Morgan fingerprint density at radius 2 is 2.32 bits per heavy atom. The maximum absolute atomic E-state index is 12.0. The Kier molecular flexibility index (Phi) is 3.90. The average Bonchev–Trinajstić information content (AvgIpc) is 2.91. The Hall–Kier alpha value is -1.82. The van der Waals surface area contributed by atoms with Crippen molar-refractivity contribution in [2.45, 2.75) is 19.9 Å². The molecule has 0 spiro atoms. The molecule has 1 atom stereocenters. The number of hydrogen-bond acceptors (Lipinski definition) is 4. The molecule has 5 nitrogen and oxygen atoms in total. The lowest BCUT2D eigenvalue weighted by atomic mass is 10.0. The van der Waals surface area contributed by atoms with Gasteiger partial charge in [-0.15, -0.1) is 11.3 Å². The summed E-state index contributed by atoms with van der Waals surface area (Å²) in [6, 6.07) is 3.17. The summed E-state index contributed by atoms with van der Waals surface area (Å²) in [6.45, 7) is 4.15. The number of methoxy groups -OCH3 is 1. The van der Waals surface area contributed by atoms with Gasteiger partial charge in [-0.3, -0.25) is 4.90 Å². The maximum Gasteiger partial charge on any atom is 0.338 e. The van der Waals surface area contributed by atoms with E-state index >= 15 is 0 Å². The molecule has 0 bridgehead atoms. The molecule has 2 rings (SSSR count). The third kappa shape index (κ3) is 2.35. The molecule has 0 saturated carbocycles. The van der Waals surface area contributed by atoms with Gasteiger partial charge < -0.3 is 10.1 Å². The second-order valence-electron chi connectivity index (χ2n) is 4.13. The van der Waals surface area contributed by atoms with Crippen LogP contribution < -0.4 is 5.32 Å². The number of rotatable bonds is 3. The van der Waals surface area contributed by atoms with Crippen LogP contribution in [-0.2, 0) is 9.53 Å². The number of amides is 2. The van der Waals surface area contributed by atoms with E-state index in [1.54, 1.807) is 6.92 Å². The van der Waals surface area contributed by atoms with E-state index in [0.29, 0.717) is 17.8 Å². The molecule has 0 radical (unpaired) electrons. The minimum Gasteiger partial charge on any atom is -0.466 e. The number of thiophene rings is 1. The van der Waals surface area contributed by atoms with E-state index in [0.717, 1.165) is 4.88 Å². The Morgan fingerprint density at radius 3 is 2.84 bits per heavy atom. The molecule has 0 fully saturated rings. The van der Waals surface area contributed by atoms with Crippen molar-refractivity contribution in [3.8, 4) is 0 Å². The third-order valence-corrected chi connectivity index (χ3v) is 4.08. The highest BCUT2D eigenvalue weighted by molar-refractivity contribution is 7.10. The van der Waals surface area contributed by atoms with Gasteiger partial charge in [-0.1, -0.05) is 6.07 Å². The molecule has 0 aromatic carbocycles. The van der Waals surface area contributed by atoms with Crippen LogP contribution in [0.15, 0.2) is 28.8 Å². The lowest BCUT2D eigenvalue weighted by molar-refractivity contribution is -0.136. The largest absolute Gasteiger partial charge is 0.466 e. The van der Waals surface area contributed by atoms with Crippen molar-refractivity contribution < 1.29 is 14.3 Å². The number of esters is 1. The Bertz CT molecular complexity index is 522. The van der Waals surface area contributed by atoms with Gasteiger partial charge in [-0.2, -0.15) is 0 Å². The Balaban J connectivity index is 2.51. The highest BCUT2D eigenvalue weighted by atomic mass is 32.1. The second-order valence-corrected chi connectivity index (χ2v) is 5.11. The first-order valence-electron chi connectivity index (χ1n) is 6.00. The van der Waals surface area contributed by atoms with Crippen LogP contribution in [-0.4, -0.2) is 30.6 Å². The molecule has 6 heteroatoms. The van der Waals surface area contributed by atoms with Crippen molar-refractivity contribution in [2.75, 3.05) is 13.7 Å². The van der Waals surface area contributed by atoms with Crippen LogP contribution in [0.2, 0.25) is 0 Å². The molecule has 0 aliphatic carbocycles. The highest BCUT2D eigenvalue weighted by Crippen LogP contribution is 2.33. The van der Waals surface area contributed by atoms with E-state index in [9.17, 15) is 9.59 Å². The molecule has 19 heavy (non-hydrogen) atoms. The van der Waals surface area contributed by atoms with Crippen molar-refractivity contribution in [1.29, 1.82) is 0 Å². The minimum absolute atomic E-state index is 0.189. The van der Waals surface area contributed by atoms with Crippen LogP contribution in [0, 0.1) is 0 Å². The molecule has 1 N–H and O–H groups in total. The number of nitrogens with one attached hydrogen (secondary N) is 1. The summed E-state index contributed by atoms with van der Waals surface area (Å²) >= 11 is 1.50. The van der Waals surface area contributed by atoms with E-state index in [1.807, 2.05) is 24.4 Å². The van der Waals surface area contributed by atoms with Gasteiger partial charge in [-0.05, 0) is 25.3 Å². The maximum atomic E-state index is 12.0. The first-order valence-corrected chi connectivity index (χ1v) is 6.88. The molecule has 1 aliphatic heterocycles. The van der Waals surface area contributed by atoms with Crippen molar-refractivity contribution in [3.63, 3.8) is 0 Å². The summed E-state index contributed by atoms with van der Waals surface area (Å²) in [5, 5.41) is 4.77. The fourth-order valence-electron chi connectivity index (χ4n) is 2.21. The molecule has 2 heterocycles. The quantitative estimate of drug-likeness (QED) is 0.864. The lowest BCUT2D eigenvalue weighted by Gasteiger charge is -2.34. The number of nitrogens with zero attached hydrogens (tertiary/aromatic N) is 1. The monoisotopic (exact) mass is 280 g/mol. The van der Waals surface area contributed by atoms with Crippen LogP contribution in [0.1, 0.15) is 24.8 Å². The minimum atomic E-state index is -0.428. The topological polar surface area (TPSA) is 58.6 Å². The van der Waals surface area contributed by atoms with Gasteiger partial charge in [0.05, 0.1) is 18.7 Å². The summed E-state index contributed by atoms with van der Waals surface area (Å²) in [6.07, 6.45) is 0. The molecule has 1 aromatic rings. The normalized spacial score (nSPS) is 19.4. The molecule has 1 aliphatic rings. The summed E-state index contributed by atoms with van der Waals surface area (Å²) in [7, 11) is 1.35. The zero-order chi connectivity index (χ0) is 14.0. The van der Waals surface area contributed by atoms with E-state index < -0.39 is 12.0 Å².